The van der Waals surface area contributed by atoms with Gasteiger partial charge in [0.2, 0.25) is 0 Å². The summed E-state index contributed by atoms with van der Waals surface area (Å²) in [6.45, 7) is 4.24. The van der Waals surface area contributed by atoms with Crippen molar-refractivity contribution in [1.82, 2.24) is 0 Å². The Labute approximate surface area is 653 Å². The molecule has 0 aromatic heterocycles. The van der Waals surface area contributed by atoms with Gasteiger partial charge in [-0.3, -0.25) is 37.3 Å². The third-order valence-corrected chi connectivity index (χ3v) is 18.0. The second-order valence-electron chi connectivity index (χ2n) is 26.2. The number of aliphatic hydroxyl groups excluding tert-OH is 1. The molecule has 610 valence electrons. The summed E-state index contributed by atoms with van der Waals surface area (Å²) in [4.78, 5) is 73.1. The minimum atomic E-state index is -5.02. The first kappa shape index (κ1) is 102. The molecule has 3 N–H and O–H groups in total. The van der Waals surface area contributed by atoms with Gasteiger partial charge in [-0.25, -0.2) is 9.13 Å². The van der Waals surface area contributed by atoms with E-state index in [0.29, 0.717) is 25.7 Å². The summed E-state index contributed by atoms with van der Waals surface area (Å²) in [7, 11) is -10.0. The SMILES string of the molecule is CC/C=C\C/C=C\C/C=C\C/C=C\C/C=C\CCCCCC(=O)OCC(COP(=O)(O)OCC(O)COP(=O)(O)OCC(COC(=O)CCCCCCCCC/C=C\C/C=C\C/C=C\CC)OC(=O)C/C=C\C/C=C\C/C=C\C/C=C\C/C=C\CC)OC(=O)CCCCCCCCC/C=C\C/C=C\C/C=C\CC. The van der Waals surface area contributed by atoms with Gasteiger partial charge in [-0.2, -0.15) is 0 Å². The first-order valence-electron chi connectivity index (χ1n) is 40.7. The third-order valence-electron chi connectivity index (χ3n) is 16.1. The van der Waals surface area contributed by atoms with Gasteiger partial charge in [0, 0.05) is 19.3 Å². The average Bonchev–Trinajstić information content (AvgIpc) is 0.906. The molecule has 5 unspecified atom stereocenters. The van der Waals surface area contributed by atoms with Gasteiger partial charge < -0.3 is 33.8 Å². The van der Waals surface area contributed by atoms with Crippen LogP contribution in [-0.2, 0) is 65.4 Å². The summed E-state index contributed by atoms with van der Waals surface area (Å²) in [6, 6.07) is 0. The fourth-order valence-electron chi connectivity index (χ4n) is 10.1. The van der Waals surface area contributed by atoms with Gasteiger partial charge in [0.25, 0.3) is 0 Å². The molecule has 0 saturated heterocycles. The van der Waals surface area contributed by atoms with Crippen molar-refractivity contribution in [1.29, 1.82) is 0 Å². The number of aliphatic hydroxyl groups is 1. The molecule has 0 spiro atoms. The number of hydrogen-bond acceptors (Lipinski definition) is 15. The van der Waals surface area contributed by atoms with Gasteiger partial charge in [-0.15, -0.1) is 0 Å². The molecule has 0 aromatic carbocycles. The van der Waals surface area contributed by atoms with Crippen LogP contribution in [0.1, 0.15) is 285 Å². The van der Waals surface area contributed by atoms with Crippen molar-refractivity contribution in [3.05, 3.63) is 194 Å². The molecule has 0 aliphatic heterocycles. The van der Waals surface area contributed by atoms with E-state index in [4.69, 9.17) is 37.0 Å². The Morgan fingerprint density at radius 3 is 0.787 bits per heavy atom. The summed E-state index contributed by atoms with van der Waals surface area (Å²) in [5.74, 6) is -2.40. The topological polar surface area (TPSA) is 237 Å². The molecule has 0 aromatic rings. The second kappa shape index (κ2) is 79.0. The molecular formula is C89H142O17P2. The van der Waals surface area contributed by atoms with Crippen molar-refractivity contribution in [2.75, 3.05) is 39.6 Å². The summed E-state index contributed by atoms with van der Waals surface area (Å²) >= 11 is 0. The quantitative estimate of drug-likeness (QED) is 0.0169. The van der Waals surface area contributed by atoms with E-state index >= 15 is 0 Å². The number of carbonyl (C=O) groups excluding carboxylic acids is 4. The van der Waals surface area contributed by atoms with Crippen LogP contribution in [0.15, 0.2) is 194 Å². The van der Waals surface area contributed by atoms with Crippen LogP contribution in [0.2, 0.25) is 0 Å². The molecule has 5 atom stereocenters. The van der Waals surface area contributed by atoms with E-state index in [1.165, 1.54) is 0 Å². The van der Waals surface area contributed by atoms with Crippen molar-refractivity contribution < 1.29 is 80.2 Å². The molecule has 0 rings (SSSR count). The van der Waals surface area contributed by atoms with Crippen LogP contribution in [0, 0.1) is 0 Å². The van der Waals surface area contributed by atoms with E-state index in [2.05, 4.69) is 198 Å². The lowest BCUT2D eigenvalue weighted by Gasteiger charge is -2.21. The Bertz CT molecular complexity index is 2810. The lowest BCUT2D eigenvalue weighted by molar-refractivity contribution is -0.161. The van der Waals surface area contributed by atoms with Gasteiger partial charge in [-0.05, 0) is 161 Å². The van der Waals surface area contributed by atoms with Crippen molar-refractivity contribution >= 4 is 39.5 Å². The predicted molar refractivity (Wildman–Crippen MR) is 445 cm³/mol. The zero-order valence-electron chi connectivity index (χ0n) is 66.7. The lowest BCUT2D eigenvalue weighted by Crippen LogP contribution is -2.30. The molecule has 19 heteroatoms. The molecule has 108 heavy (non-hydrogen) atoms. The highest BCUT2D eigenvalue weighted by atomic mass is 31.2. The van der Waals surface area contributed by atoms with Crippen LogP contribution in [0.5, 0.6) is 0 Å². The van der Waals surface area contributed by atoms with Gasteiger partial charge >= 0.3 is 39.5 Å². The molecule has 0 fully saturated rings. The first-order valence-corrected chi connectivity index (χ1v) is 43.7. The highest BCUT2D eigenvalue weighted by molar-refractivity contribution is 7.47. The minimum Gasteiger partial charge on any atom is -0.462 e. The van der Waals surface area contributed by atoms with Crippen LogP contribution < -0.4 is 0 Å². The maximum atomic E-state index is 13.1. The van der Waals surface area contributed by atoms with Crippen LogP contribution >= 0.6 is 15.6 Å². The lowest BCUT2D eigenvalue weighted by atomic mass is 10.1. The molecule has 17 nitrogen and oxygen atoms in total. The van der Waals surface area contributed by atoms with E-state index in [9.17, 15) is 43.2 Å². The largest absolute Gasteiger partial charge is 0.472 e. The Morgan fingerprint density at radius 1 is 0.269 bits per heavy atom. The molecular weight excluding hydrogens is 1400 g/mol. The second-order valence-corrected chi connectivity index (χ2v) is 29.1. The Hall–Kier alpha value is -6.10. The maximum absolute atomic E-state index is 13.1. The number of rotatable bonds is 74. The van der Waals surface area contributed by atoms with E-state index in [1.807, 2.05) is 12.2 Å². The fourth-order valence-corrected chi connectivity index (χ4v) is 11.6. The minimum absolute atomic E-state index is 0.0656. The maximum Gasteiger partial charge on any atom is 0.472 e. The summed E-state index contributed by atoms with van der Waals surface area (Å²) in [6.07, 6.45) is 97.2. The van der Waals surface area contributed by atoms with E-state index < -0.39 is 97.5 Å². The van der Waals surface area contributed by atoms with Crippen molar-refractivity contribution in [2.45, 2.75) is 303 Å². The third kappa shape index (κ3) is 78.0. The highest BCUT2D eigenvalue weighted by Gasteiger charge is 2.30. The average molecular weight is 1550 g/mol. The number of hydrogen-bond donors (Lipinski definition) is 3. The van der Waals surface area contributed by atoms with Crippen LogP contribution in [0.3, 0.4) is 0 Å². The highest BCUT2D eigenvalue weighted by Crippen LogP contribution is 2.45. The number of carbonyl (C=O) groups is 4. The molecule has 0 aliphatic rings. The van der Waals surface area contributed by atoms with E-state index in [-0.39, 0.29) is 25.7 Å². The number of phosphoric acid groups is 2. The van der Waals surface area contributed by atoms with Crippen LogP contribution in [0.4, 0.5) is 0 Å². The number of esters is 4. The zero-order valence-corrected chi connectivity index (χ0v) is 68.5. The predicted octanol–water partition coefficient (Wildman–Crippen LogP) is 24.1. The molecule has 0 bridgehead atoms. The monoisotopic (exact) mass is 1540 g/mol. The molecule has 0 saturated carbocycles. The van der Waals surface area contributed by atoms with E-state index in [1.54, 1.807) is 12.2 Å². The molecule has 0 radical (unpaired) electrons. The summed E-state index contributed by atoms with van der Waals surface area (Å²) in [5.41, 5.74) is 0. The molecule has 0 aliphatic carbocycles. The smallest absolute Gasteiger partial charge is 0.462 e. The first-order chi connectivity index (χ1) is 52.7. The number of unbranched alkanes of at least 4 members (excludes halogenated alkanes) is 17. The standard InChI is InChI=1S/C89H142O17P2/c1-5-9-13-17-21-25-29-33-37-40-41-44-47-50-54-58-62-66-70-74-87(92)100-80-85(106-89(94)76-72-68-64-60-56-52-48-43-39-35-31-27-23-19-15-11-7-3)82-104-108(97,98)102-78-83(90)77-101-107(95,96)103-81-84(105-88(93)75-71-67-63-59-55-51-45-36-32-28-24-20-16-12-8-4)79-99-86(91)73-69-65-61-57-53-49-46-42-38-34-30-26-22-18-14-10-6-2/h9-16,21-28,33-39,41,44-45,50,54-55,59,67,71,83-85,90H,5-8,17-20,29-32,40,42-43,46-49,51-53,56-58,60-66,68-70,72-82H2,1-4H3,(H,95,96)(H,97,98)/b13-9-,14-10-,15-11-,16-12-,25-21-,26-22-,27-23-,28-24-,37-33-,38-34-,39-35-,44-41-,45-36-,54-50-,59-55-,71-67-. The van der Waals surface area contributed by atoms with Crippen molar-refractivity contribution in [2.24, 2.45) is 0 Å². The Kier molecular flexibility index (Phi) is 74.5. The number of ether oxygens (including phenoxy) is 4. The normalized spacial score (nSPS) is 14.8. The van der Waals surface area contributed by atoms with Gasteiger partial charge in [0.1, 0.15) is 19.3 Å². The zero-order chi connectivity index (χ0) is 78.9. The van der Waals surface area contributed by atoms with Gasteiger partial charge in [-0.1, -0.05) is 293 Å². The Morgan fingerprint density at radius 2 is 0.491 bits per heavy atom. The van der Waals surface area contributed by atoms with Crippen LogP contribution in [0.25, 0.3) is 0 Å². The van der Waals surface area contributed by atoms with Crippen molar-refractivity contribution in [3.63, 3.8) is 0 Å². The van der Waals surface area contributed by atoms with E-state index in [0.717, 1.165) is 205 Å². The van der Waals surface area contributed by atoms with Gasteiger partial charge in [0.05, 0.1) is 32.8 Å². The molecule has 0 heterocycles. The fraction of sp³-hybridized carbons (Fsp3) is 0.596. The Balaban J connectivity index is 5.50. The number of phosphoric ester groups is 2. The van der Waals surface area contributed by atoms with Gasteiger partial charge in [0.15, 0.2) is 12.2 Å². The number of allylic oxidation sites excluding steroid dienone is 31. The summed E-state index contributed by atoms with van der Waals surface area (Å²) < 4.78 is 68.5. The van der Waals surface area contributed by atoms with Crippen molar-refractivity contribution in [3.8, 4) is 0 Å². The summed E-state index contributed by atoms with van der Waals surface area (Å²) in [5, 5.41) is 10.7. The van der Waals surface area contributed by atoms with Crippen LogP contribution in [-0.4, -0.2) is 96.7 Å². The molecule has 0 amide bonds.